The predicted octanol–water partition coefficient (Wildman–Crippen LogP) is 7.59. The zero-order valence-electron chi connectivity index (χ0n) is 15.7. The largest absolute Gasteiger partial charge is 0.332 e. The van der Waals surface area contributed by atoms with Crippen LogP contribution in [-0.4, -0.2) is 11.0 Å². The first-order valence-electron chi connectivity index (χ1n) is 8.91. The lowest BCUT2D eigenvalue weighted by Crippen LogP contribution is -2.30. The highest BCUT2D eigenvalue weighted by molar-refractivity contribution is 7.22. The highest BCUT2D eigenvalue weighted by atomic mass is 35.5. The summed E-state index contributed by atoms with van der Waals surface area (Å²) in [6.07, 6.45) is 0. The molecule has 4 rings (SSSR count). The van der Waals surface area contributed by atoms with Gasteiger partial charge in [0.05, 0.1) is 25.9 Å². The summed E-state index contributed by atoms with van der Waals surface area (Å²) in [6, 6.07) is 18.4. The van der Waals surface area contributed by atoms with E-state index in [9.17, 15) is 4.79 Å². The van der Waals surface area contributed by atoms with E-state index in [1.165, 1.54) is 11.3 Å². The number of benzene rings is 3. The number of halogens is 2. The molecule has 0 unspecified atom stereocenters. The maximum atomic E-state index is 13.3. The van der Waals surface area contributed by atoms with Crippen molar-refractivity contribution >= 4 is 67.3 Å². The van der Waals surface area contributed by atoms with Gasteiger partial charge in [-0.1, -0.05) is 52.7 Å². The lowest BCUT2D eigenvalue weighted by Gasteiger charge is -2.21. The third-order valence-corrected chi connectivity index (χ3v) is 6.36. The summed E-state index contributed by atoms with van der Waals surface area (Å²) in [6.45, 7) is 4.06. The Labute approximate surface area is 182 Å². The number of thiazole rings is 1. The number of amides is 2. The Morgan fingerprint density at radius 1 is 0.966 bits per heavy atom. The molecule has 0 radical (unpaired) electrons. The third kappa shape index (κ3) is 4.08. The van der Waals surface area contributed by atoms with Crippen LogP contribution in [0.1, 0.15) is 11.1 Å². The van der Waals surface area contributed by atoms with Gasteiger partial charge in [-0.15, -0.1) is 0 Å². The van der Waals surface area contributed by atoms with Gasteiger partial charge in [-0.3, -0.25) is 0 Å². The zero-order chi connectivity index (χ0) is 20.5. The van der Waals surface area contributed by atoms with Crippen molar-refractivity contribution in [2.24, 2.45) is 0 Å². The number of para-hydroxylation sites is 1. The van der Waals surface area contributed by atoms with Crippen LogP contribution in [0.4, 0.5) is 21.3 Å². The Kier molecular flexibility index (Phi) is 5.46. The van der Waals surface area contributed by atoms with Gasteiger partial charge in [0.1, 0.15) is 0 Å². The molecule has 0 saturated carbocycles. The molecule has 0 aliphatic rings. The first-order chi connectivity index (χ1) is 13.9. The van der Waals surface area contributed by atoms with Crippen molar-refractivity contribution in [2.45, 2.75) is 13.8 Å². The van der Waals surface area contributed by atoms with Crippen molar-refractivity contribution in [3.05, 3.63) is 81.8 Å². The van der Waals surface area contributed by atoms with Gasteiger partial charge in [-0.25, -0.2) is 14.7 Å². The monoisotopic (exact) mass is 441 g/mol. The van der Waals surface area contributed by atoms with Gasteiger partial charge in [0.2, 0.25) is 0 Å². The van der Waals surface area contributed by atoms with Crippen molar-refractivity contribution < 1.29 is 4.79 Å². The summed E-state index contributed by atoms with van der Waals surface area (Å²) in [5, 5.41) is 4.30. The molecule has 1 N–H and O–H groups in total. The van der Waals surface area contributed by atoms with Crippen molar-refractivity contribution in [1.82, 2.24) is 4.98 Å². The number of carbonyl (C=O) groups is 1. The molecule has 1 heterocycles. The average molecular weight is 442 g/mol. The summed E-state index contributed by atoms with van der Waals surface area (Å²) < 4.78 is 1.01. The number of nitrogens with zero attached hydrogens (tertiary/aromatic N) is 2. The zero-order valence-corrected chi connectivity index (χ0v) is 18.1. The average Bonchev–Trinajstić information content (AvgIpc) is 3.11. The number of carbonyl (C=O) groups excluding carboxylic acids is 1. The molecule has 0 saturated heterocycles. The van der Waals surface area contributed by atoms with Gasteiger partial charge in [0.25, 0.3) is 0 Å². The molecule has 29 heavy (non-hydrogen) atoms. The molecule has 1 aromatic heterocycles. The van der Waals surface area contributed by atoms with Crippen LogP contribution in [0.5, 0.6) is 0 Å². The number of hydrogen-bond donors (Lipinski definition) is 1. The summed E-state index contributed by atoms with van der Waals surface area (Å²) >= 11 is 13.5. The lowest BCUT2D eigenvalue weighted by atomic mass is 10.1. The maximum absolute atomic E-state index is 13.3. The van der Waals surface area contributed by atoms with Gasteiger partial charge < -0.3 is 5.32 Å². The molecule has 0 aliphatic carbocycles. The van der Waals surface area contributed by atoms with Gasteiger partial charge in [-0.2, -0.15) is 0 Å². The van der Waals surface area contributed by atoms with Crippen molar-refractivity contribution in [1.29, 1.82) is 0 Å². The second kappa shape index (κ2) is 8.03. The van der Waals surface area contributed by atoms with Crippen LogP contribution in [0.25, 0.3) is 10.2 Å². The van der Waals surface area contributed by atoms with E-state index >= 15 is 0 Å². The van der Waals surface area contributed by atoms with Gasteiger partial charge in [0, 0.05) is 5.69 Å². The van der Waals surface area contributed by atoms with E-state index in [0.29, 0.717) is 20.9 Å². The van der Waals surface area contributed by atoms with Crippen LogP contribution in [-0.2, 0) is 0 Å². The highest BCUT2D eigenvalue weighted by Crippen LogP contribution is 2.35. The number of aromatic nitrogens is 1. The summed E-state index contributed by atoms with van der Waals surface area (Å²) in [5.74, 6) is 0. The maximum Gasteiger partial charge on any atom is 0.332 e. The van der Waals surface area contributed by atoms with E-state index in [1.54, 1.807) is 23.1 Å². The molecule has 2 amide bonds. The Hall–Kier alpha value is -2.60. The standard InChI is InChI=1S/C22H17Cl2N3OS/c1-13-7-9-16(11-14(13)2)27(22-26-19-5-3-4-6-20(19)29-22)21(28)25-15-8-10-17(23)18(24)12-15/h3-12H,1-2H3,(H,25,28). The molecule has 4 aromatic rings. The van der Waals surface area contributed by atoms with Crippen LogP contribution in [0.3, 0.4) is 0 Å². The molecule has 4 nitrogen and oxygen atoms in total. The van der Waals surface area contributed by atoms with Crippen molar-refractivity contribution in [3.63, 3.8) is 0 Å². The molecule has 146 valence electrons. The first kappa shape index (κ1) is 19.7. The van der Waals surface area contributed by atoms with E-state index in [4.69, 9.17) is 23.2 Å². The van der Waals surface area contributed by atoms with Crippen LogP contribution in [0.15, 0.2) is 60.7 Å². The second-order valence-corrected chi connectivity index (χ2v) is 8.45. The molecule has 0 atom stereocenters. The minimum atomic E-state index is -0.328. The van der Waals surface area contributed by atoms with Crippen LogP contribution in [0, 0.1) is 13.8 Å². The fourth-order valence-electron chi connectivity index (χ4n) is 2.89. The number of fused-ring (bicyclic) bond motifs is 1. The van der Waals surface area contributed by atoms with E-state index in [-0.39, 0.29) is 6.03 Å². The minimum absolute atomic E-state index is 0.328. The molecule has 0 bridgehead atoms. The number of aryl methyl sites for hydroxylation is 2. The fourth-order valence-corrected chi connectivity index (χ4v) is 4.17. The Balaban J connectivity index is 1.77. The smallest absolute Gasteiger partial charge is 0.307 e. The molecule has 7 heteroatoms. The quantitative estimate of drug-likeness (QED) is 0.355. The Morgan fingerprint density at radius 3 is 2.48 bits per heavy atom. The first-order valence-corrected chi connectivity index (χ1v) is 10.5. The number of anilines is 3. The number of nitrogens with one attached hydrogen (secondary N) is 1. The summed E-state index contributed by atoms with van der Waals surface area (Å²) in [5.41, 5.74) is 4.39. The number of urea groups is 1. The topological polar surface area (TPSA) is 45.2 Å². The molecule has 3 aromatic carbocycles. The summed E-state index contributed by atoms with van der Waals surface area (Å²) in [7, 11) is 0. The van der Waals surface area contributed by atoms with Crippen LogP contribution in [0.2, 0.25) is 10.0 Å². The SMILES string of the molecule is Cc1ccc(N(C(=O)Nc2ccc(Cl)c(Cl)c2)c2nc3ccccc3s2)cc1C. The predicted molar refractivity (Wildman–Crippen MR) is 123 cm³/mol. The van der Waals surface area contributed by atoms with Crippen LogP contribution < -0.4 is 10.2 Å². The lowest BCUT2D eigenvalue weighted by molar-refractivity contribution is 0.259. The molecule has 0 aliphatic heterocycles. The van der Waals surface area contributed by atoms with E-state index in [2.05, 4.69) is 10.3 Å². The van der Waals surface area contributed by atoms with Crippen LogP contribution >= 0.6 is 34.5 Å². The fraction of sp³-hybridized carbons (Fsp3) is 0.0909. The summed E-state index contributed by atoms with van der Waals surface area (Å²) in [4.78, 5) is 19.5. The third-order valence-electron chi connectivity index (χ3n) is 4.60. The molecule has 0 spiro atoms. The second-order valence-electron chi connectivity index (χ2n) is 6.63. The van der Waals surface area contributed by atoms with Crippen molar-refractivity contribution in [2.75, 3.05) is 10.2 Å². The number of hydrogen-bond acceptors (Lipinski definition) is 3. The van der Waals surface area contributed by atoms with Crippen molar-refractivity contribution in [3.8, 4) is 0 Å². The highest BCUT2D eigenvalue weighted by Gasteiger charge is 2.22. The Bertz CT molecular complexity index is 1190. The van der Waals surface area contributed by atoms with E-state index in [0.717, 1.165) is 27.0 Å². The number of rotatable bonds is 3. The van der Waals surface area contributed by atoms with Gasteiger partial charge in [0.15, 0.2) is 5.13 Å². The molecule has 0 fully saturated rings. The van der Waals surface area contributed by atoms with Gasteiger partial charge >= 0.3 is 6.03 Å². The normalized spacial score (nSPS) is 10.9. The van der Waals surface area contributed by atoms with E-state index < -0.39 is 0 Å². The Morgan fingerprint density at radius 2 is 1.76 bits per heavy atom. The minimum Gasteiger partial charge on any atom is -0.307 e. The molecular formula is C22H17Cl2N3OS. The van der Waals surface area contributed by atoms with E-state index in [1.807, 2.05) is 56.3 Å². The van der Waals surface area contributed by atoms with Gasteiger partial charge in [-0.05, 0) is 67.4 Å². The molecular weight excluding hydrogens is 425 g/mol.